The molecule has 1 aromatic heterocycles. The Hall–Kier alpha value is -1.10. The maximum atomic E-state index is 9.99. The second kappa shape index (κ2) is 6.89. The van der Waals surface area contributed by atoms with Gasteiger partial charge in [-0.1, -0.05) is 35.0 Å². The van der Waals surface area contributed by atoms with Crippen molar-refractivity contribution in [3.8, 4) is 0 Å². The maximum absolute atomic E-state index is 9.99. The fourth-order valence-electron chi connectivity index (χ4n) is 2.06. The molecule has 3 nitrogen and oxygen atoms in total. The van der Waals surface area contributed by atoms with E-state index >= 15 is 0 Å². The van der Waals surface area contributed by atoms with Crippen molar-refractivity contribution < 1.29 is 9.52 Å². The summed E-state index contributed by atoms with van der Waals surface area (Å²) < 4.78 is 6.26. The number of aliphatic hydroxyl groups excluding tert-OH is 1. The molecule has 0 aliphatic heterocycles. The molecule has 0 saturated carbocycles. The van der Waals surface area contributed by atoms with Crippen LogP contribution < -0.4 is 5.32 Å². The Morgan fingerprint density at radius 2 is 2.16 bits per heavy atom. The SMILES string of the molecule is CCC(NCC(O)c1ccco1)c1cccc(Br)c1. The molecule has 1 aromatic carbocycles. The normalized spacial score (nSPS) is 14.3. The molecule has 102 valence electrons. The molecule has 4 heteroatoms. The third-order valence-corrected chi connectivity index (χ3v) is 3.58. The molecule has 0 saturated heterocycles. The summed E-state index contributed by atoms with van der Waals surface area (Å²) in [7, 11) is 0. The first-order valence-electron chi connectivity index (χ1n) is 6.41. The summed E-state index contributed by atoms with van der Waals surface area (Å²) in [5.74, 6) is 0.594. The van der Waals surface area contributed by atoms with E-state index in [4.69, 9.17) is 4.42 Å². The average molecular weight is 324 g/mol. The lowest BCUT2D eigenvalue weighted by atomic mass is 10.0. The van der Waals surface area contributed by atoms with Crippen LogP contribution in [0.2, 0.25) is 0 Å². The van der Waals surface area contributed by atoms with Gasteiger partial charge < -0.3 is 14.8 Å². The van der Waals surface area contributed by atoms with Gasteiger partial charge in [0.05, 0.1) is 6.26 Å². The van der Waals surface area contributed by atoms with Crippen molar-refractivity contribution in [3.63, 3.8) is 0 Å². The number of rotatable bonds is 6. The molecule has 0 aliphatic rings. The highest BCUT2D eigenvalue weighted by molar-refractivity contribution is 9.10. The molecule has 0 bridgehead atoms. The Kier molecular flexibility index (Phi) is 5.19. The predicted octanol–water partition coefficient (Wildman–Crippen LogP) is 3.82. The van der Waals surface area contributed by atoms with E-state index in [9.17, 15) is 5.11 Å². The summed E-state index contributed by atoms with van der Waals surface area (Å²) in [4.78, 5) is 0. The van der Waals surface area contributed by atoms with Crippen LogP contribution in [0.1, 0.15) is 36.8 Å². The first kappa shape index (κ1) is 14.3. The molecule has 2 N–H and O–H groups in total. The van der Waals surface area contributed by atoms with Gasteiger partial charge in [-0.05, 0) is 36.2 Å². The molecule has 1 heterocycles. The van der Waals surface area contributed by atoms with Gasteiger partial charge >= 0.3 is 0 Å². The van der Waals surface area contributed by atoms with Crippen molar-refractivity contribution in [2.24, 2.45) is 0 Å². The number of hydrogen-bond donors (Lipinski definition) is 2. The van der Waals surface area contributed by atoms with Crippen LogP contribution in [-0.4, -0.2) is 11.7 Å². The van der Waals surface area contributed by atoms with Gasteiger partial charge in [-0.3, -0.25) is 0 Å². The van der Waals surface area contributed by atoms with E-state index in [1.165, 1.54) is 5.56 Å². The smallest absolute Gasteiger partial charge is 0.133 e. The van der Waals surface area contributed by atoms with E-state index in [-0.39, 0.29) is 6.04 Å². The molecule has 19 heavy (non-hydrogen) atoms. The van der Waals surface area contributed by atoms with Gasteiger partial charge in [-0.2, -0.15) is 0 Å². The predicted molar refractivity (Wildman–Crippen MR) is 78.8 cm³/mol. The van der Waals surface area contributed by atoms with E-state index in [0.717, 1.165) is 10.9 Å². The summed E-state index contributed by atoms with van der Waals surface area (Å²) in [6.45, 7) is 2.59. The van der Waals surface area contributed by atoms with Gasteiger partial charge in [-0.25, -0.2) is 0 Å². The zero-order chi connectivity index (χ0) is 13.7. The fraction of sp³-hybridized carbons (Fsp3) is 0.333. The summed E-state index contributed by atoms with van der Waals surface area (Å²) in [6, 6.07) is 12.0. The lowest BCUT2D eigenvalue weighted by Gasteiger charge is -2.19. The van der Waals surface area contributed by atoms with Crippen molar-refractivity contribution >= 4 is 15.9 Å². The van der Waals surface area contributed by atoms with Crippen LogP contribution in [0.15, 0.2) is 51.6 Å². The van der Waals surface area contributed by atoms with Crippen LogP contribution in [0.25, 0.3) is 0 Å². The highest BCUT2D eigenvalue weighted by Crippen LogP contribution is 2.21. The Bertz CT molecular complexity index is 499. The van der Waals surface area contributed by atoms with Crippen molar-refractivity contribution in [3.05, 3.63) is 58.5 Å². The standard InChI is InChI=1S/C15H18BrNO2/c1-2-13(11-5-3-6-12(16)9-11)17-10-14(18)15-7-4-8-19-15/h3-9,13-14,17-18H,2,10H2,1H3. The molecule has 0 fully saturated rings. The first-order valence-corrected chi connectivity index (χ1v) is 7.20. The van der Waals surface area contributed by atoms with Crippen LogP contribution in [0, 0.1) is 0 Å². The van der Waals surface area contributed by atoms with E-state index in [1.807, 2.05) is 12.1 Å². The van der Waals surface area contributed by atoms with Crippen LogP contribution in [-0.2, 0) is 0 Å². The van der Waals surface area contributed by atoms with Crippen molar-refractivity contribution in [2.45, 2.75) is 25.5 Å². The summed E-state index contributed by atoms with van der Waals surface area (Å²) in [6.07, 6.45) is 1.92. The second-order valence-electron chi connectivity index (χ2n) is 4.46. The summed E-state index contributed by atoms with van der Waals surface area (Å²) in [5.41, 5.74) is 1.21. The molecule has 0 spiro atoms. The Morgan fingerprint density at radius 3 is 2.79 bits per heavy atom. The minimum absolute atomic E-state index is 0.224. The van der Waals surface area contributed by atoms with Gasteiger partial charge in [0.15, 0.2) is 0 Å². The van der Waals surface area contributed by atoms with Crippen molar-refractivity contribution in [2.75, 3.05) is 6.54 Å². The van der Waals surface area contributed by atoms with Gasteiger partial charge in [0.1, 0.15) is 11.9 Å². The Balaban J connectivity index is 1.96. The average Bonchev–Trinajstić information content (AvgIpc) is 2.93. The number of benzene rings is 1. The van der Waals surface area contributed by atoms with Crippen molar-refractivity contribution in [1.29, 1.82) is 0 Å². The number of aliphatic hydroxyl groups is 1. The Labute approximate surface area is 121 Å². The van der Waals surface area contributed by atoms with Gasteiger partial charge in [0, 0.05) is 17.1 Å². The van der Waals surface area contributed by atoms with E-state index in [2.05, 4.69) is 40.3 Å². The molecule has 2 unspecified atom stereocenters. The Morgan fingerprint density at radius 1 is 1.32 bits per heavy atom. The van der Waals surface area contributed by atoms with E-state index < -0.39 is 6.10 Å². The van der Waals surface area contributed by atoms with Crippen LogP contribution in [0.4, 0.5) is 0 Å². The van der Waals surface area contributed by atoms with Crippen LogP contribution in [0.3, 0.4) is 0 Å². The second-order valence-corrected chi connectivity index (χ2v) is 5.37. The van der Waals surface area contributed by atoms with Crippen LogP contribution >= 0.6 is 15.9 Å². The maximum Gasteiger partial charge on any atom is 0.133 e. The number of nitrogens with one attached hydrogen (secondary N) is 1. The number of hydrogen-bond acceptors (Lipinski definition) is 3. The van der Waals surface area contributed by atoms with Crippen molar-refractivity contribution in [1.82, 2.24) is 5.32 Å². The van der Waals surface area contributed by atoms with E-state index in [0.29, 0.717) is 12.3 Å². The minimum Gasteiger partial charge on any atom is -0.467 e. The molecule has 2 rings (SSSR count). The minimum atomic E-state index is -0.615. The largest absolute Gasteiger partial charge is 0.467 e. The lowest BCUT2D eigenvalue weighted by molar-refractivity contribution is 0.143. The molecular weight excluding hydrogens is 306 g/mol. The van der Waals surface area contributed by atoms with E-state index in [1.54, 1.807) is 18.4 Å². The monoisotopic (exact) mass is 323 g/mol. The third kappa shape index (κ3) is 3.93. The summed E-state index contributed by atoms with van der Waals surface area (Å²) in [5, 5.41) is 13.4. The van der Waals surface area contributed by atoms with Crippen LogP contribution in [0.5, 0.6) is 0 Å². The lowest BCUT2D eigenvalue weighted by Crippen LogP contribution is -2.26. The summed E-state index contributed by atoms with van der Waals surface area (Å²) >= 11 is 3.48. The third-order valence-electron chi connectivity index (χ3n) is 3.09. The number of furan rings is 1. The molecule has 0 radical (unpaired) electrons. The first-order chi connectivity index (χ1) is 9.20. The topological polar surface area (TPSA) is 45.4 Å². The van der Waals surface area contributed by atoms with Gasteiger partial charge in [-0.15, -0.1) is 0 Å². The van der Waals surface area contributed by atoms with Gasteiger partial charge in [0.2, 0.25) is 0 Å². The molecule has 2 aromatic rings. The molecule has 2 atom stereocenters. The number of halogens is 1. The fourth-order valence-corrected chi connectivity index (χ4v) is 2.47. The quantitative estimate of drug-likeness (QED) is 0.849. The zero-order valence-corrected chi connectivity index (χ0v) is 12.4. The van der Waals surface area contributed by atoms with Gasteiger partial charge in [0.25, 0.3) is 0 Å². The highest BCUT2D eigenvalue weighted by atomic mass is 79.9. The zero-order valence-electron chi connectivity index (χ0n) is 10.8. The highest BCUT2D eigenvalue weighted by Gasteiger charge is 2.14. The molecule has 0 aliphatic carbocycles. The molecular formula is C15H18BrNO2. The molecule has 0 amide bonds.